The molecule has 1 saturated heterocycles. The van der Waals surface area contributed by atoms with Crippen molar-refractivity contribution in [2.45, 2.75) is 13.3 Å². The van der Waals surface area contributed by atoms with Crippen LogP contribution in [0.4, 0.5) is 5.69 Å². The zero-order valence-corrected chi connectivity index (χ0v) is 10.8. The largest absolute Gasteiger partial charge is 0.462 e. The summed E-state index contributed by atoms with van der Waals surface area (Å²) in [5.41, 5.74) is 1.15. The van der Waals surface area contributed by atoms with Crippen molar-refractivity contribution < 1.29 is 19.1 Å². The standard InChI is InChI=1S/C14H17NO4/c1-2-19-14(17)10-3-5-12(6-4-10)15-13(16)11-7-8-18-9-11/h3-6,11H,2,7-9H2,1H3,(H,15,16). The maximum Gasteiger partial charge on any atom is 0.338 e. The first-order valence-electron chi connectivity index (χ1n) is 6.36. The van der Waals surface area contributed by atoms with Crippen LogP contribution in [-0.2, 0) is 14.3 Å². The van der Waals surface area contributed by atoms with Crippen LogP contribution < -0.4 is 5.32 Å². The Bertz CT molecular complexity index is 449. The molecule has 2 rings (SSSR count). The van der Waals surface area contributed by atoms with Crippen molar-refractivity contribution in [3.63, 3.8) is 0 Å². The van der Waals surface area contributed by atoms with E-state index in [-0.39, 0.29) is 17.8 Å². The number of benzene rings is 1. The first-order valence-corrected chi connectivity index (χ1v) is 6.36. The molecular weight excluding hydrogens is 246 g/mol. The molecule has 1 amide bonds. The van der Waals surface area contributed by atoms with Gasteiger partial charge in [-0.05, 0) is 37.6 Å². The normalized spacial score (nSPS) is 18.1. The van der Waals surface area contributed by atoms with Crippen LogP contribution in [0.3, 0.4) is 0 Å². The molecule has 1 fully saturated rings. The number of nitrogens with one attached hydrogen (secondary N) is 1. The van der Waals surface area contributed by atoms with Crippen molar-refractivity contribution in [1.29, 1.82) is 0 Å². The number of amides is 1. The van der Waals surface area contributed by atoms with Crippen molar-refractivity contribution in [2.24, 2.45) is 5.92 Å². The smallest absolute Gasteiger partial charge is 0.338 e. The Balaban J connectivity index is 1.94. The first-order chi connectivity index (χ1) is 9.20. The van der Waals surface area contributed by atoms with E-state index in [2.05, 4.69) is 5.32 Å². The fraction of sp³-hybridized carbons (Fsp3) is 0.429. The molecule has 1 heterocycles. The van der Waals surface area contributed by atoms with Gasteiger partial charge < -0.3 is 14.8 Å². The first kappa shape index (κ1) is 13.5. The SMILES string of the molecule is CCOC(=O)c1ccc(NC(=O)C2CCOC2)cc1. The van der Waals surface area contributed by atoms with Gasteiger partial charge in [-0.1, -0.05) is 0 Å². The molecule has 5 heteroatoms. The summed E-state index contributed by atoms with van der Waals surface area (Å²) in [5, 5.41) is 2.81. The second-order valence-corrected chi connectivity index (χ2v) is 4.35. The fourth-order valence-corrected chi connectivity index (χ4v) is 1.89. The number of esters is 1. The van der Waals surface area contributed by atoms with Gasteiger partial charge in [0, 0.05) is 12.3 Å². The Morgan fingerprint density at radius 2 is 2.11 bits per heavy atom. The minimum Gasteiger partial charge on any atom is -0.462 e. The summed E-state index contributed by atoms with van der Waals surface area (Å²) < 4.78 is 10.1. The third-order valence-electron chi connectivity index (χ3n) is 2.96. The molecule has 0 bridgehead atoms. The van der Waals surface area contributed by atoms with Crippen LogP contribution >= 0.6 is 0 Å². The van der Waals surface area contributed by atoms with E-state index in [9.17, 15) is 9.59 Å². The van der Waals surface area contributed by atoms with Gasteiger partial charge in [-0.3, -0.25) is 4.79 Å². The lowest BCUT2D eigenvalue weighted by Crippen LogP contribution is -2.22. The van der Waals surface area contributed by atoms with E-state index in [4.69, 9.17) is 9.47 Å². The van der Waals surface area contributed by atoms with E-state index in [1.54, 1.807) is 31.2 Å². The lowest BCUT2D eigenvalue weighted by atomic mass is 10.1. The minimum atomic E-state index is -0.357. The Labute approximate surface area is 111 Å². The quantitative estimate of drug-likeness (QED) is 0.842. The van der Waals surface area contributed by atoms with Gasteiger partial charge in [0.1, 0.15) is 0 Å². The van der Waals surface area contributed by atoms with Crippen LogP contribution in [0.2, 0.25) is 0 Å². The predicted octanol–water partition coefficient (Wildman–Crippen LogP) is 1.84. The molecular formula is C14H17NO4. The van der Waals surface area contributed by atoms with E-state index in [0.29, 0.717) is 31.1 Å². The predicted molar refractivity (Wildman–Crippen MR) is 70.0 cm³/mol. The van der Waals surface area contributed by atoms with Gasteiger partial charge in [-0.15, -0.1) is 0 Å². The van der Waals surface area contributed by atoms with Crippen molar-refractivity contribution >= 4 is 17.6 Å². The highest BCUT2D eigenvalue weighted by Gasteiger charge is 2.23. The summed E-state index contributed by atoms with van der Waals surface area (Å²) in [6.45, 7) is 3.22. The summed E-state index contributed by atoms with van der Waals surface area (Å²) >= 11 is 0. The third kappa shape index (κ3) is 3.54. The molecule has 1 aliphatic rings. The maximum absolute atomic E-state index is 11.9. The molecule has 1 aromatic rings. The molecule has 0 radical (unpaired) electrons. The molecule has 1 aromatic carbocycles. The highest BCUT2D eigenvalue weighted by Crippen LogP contribution is 2.16. The highest BCUT2D eigenvalue weighted by molar-refractivity contribution is 5.94. The van der Waals surface area contributed by atoms with E-state index in [1.807, 2.05) is 0 Å². The number of hydrogen-bond acceptors (Lipinski definition) is 4. The van der Waals surface area contributed by atoms with Gasteiger partial charge in [0.05, 0.1) is 24.7 Å². The number of carbonyl (C=O) groups is 2. The zero-order valence-electron chi connectivity index (χ0n) is 10.8. The van der Waals surface area contributed by atoms with E-state index in [0.717, 1.165) is 6.42 Å². The summed E-state index contributed by atoms with van der Waals surface area (Å²) in [5.74, 6) is -0.476. The topological polar surface area (TPSA) is 64.6 Å². The summed E-state index contributed by atoms with van der Waals surface area (Å²) in [7, 11) is 0. The average molecular weight is 263 g/mol. The lowest BCUT2D eigenvalue weighted by molar-refractivity contribution is -0.119. The number of rotatable bonds is 4. The Kier molecular flexibility index (Phi) is 4.52. The highest BCUT2D eigenvalue weighted by atomic mass is 16.5. The third-order valence-corrected chi connectivity index (χ3v) is 2.96. The number of anilines is 1. The van der Waals surface area contributed by atoms with Crippen LogP contribution in [0.15, 0.2) is 24.3 Å². The van der Waals surface area contributed by atoms with Gasteiger partial charge in [0.15, 0.2) is 0 Å². The minimum absolute atomic E-state index is 0.0404. The van der Waals surface area contributed by atoms with Crippen LogP contribution in [-0.4, -0.2) is 31.7 Å². The Hall–Kier alpha value is -1.88. The molecule has 5 nitrogen and oxygen atoms in total. The van der Waals surface area contributed by atoms with Crippen molar-refractivity contribution in [1.82, 2.24) is 0 Å². The summed E-state index contributed by atoms with van der Waals surface area (Å²) in [6.07, 6.45) is 0.757. The van der Waals surface area contributed by atoms with Gasteiger partial charge in [0.2, 0.25) is 5.91 Å². The molecule has 1 aliphatic heterocycles. The molecule has 0 aromatic heterocycles. The molecule has 0 saturated carbocycles. The molecule has 1 atom stereocenters. The molecule has 0 spiro atoms. The van der Waals surface area contributed by atoms with Crippen molar-refractivity contribution in [3.8, 4) is 0 Å². The van der Waals surface area contributed by atoms with E-state index >= 15 is 0 Å². The van der Waals surface area contributed by atoms with Crippen LogP contribution in [0.25, 0.3) is 0 Å². The molecule has 0 aliphatic carbocycles. The van der Waals surface area contributed by atoms with E-state index < -0.39 is 0 Å². The van der Waals surface area contributed by atoms with Gasteiger partial charge in [0.25, 0.3) is 0 Å². The van der Waals surface area contributed by atoms with Crippen molar-refractivity contribution in [2.75, 3.05) is 25.1 Å². The molecule has 102 valence electrons. The Morgan fingerprint density at radius 1 is 1.37 bits per heavy atom. The van der Waals surface area contributed by atoms with Gasteiger partial charge in [-0.2, -0.15) is 0 Å². The molecule has 1 unspecified atom stereocenters. The van der Waals surface area contributed by atoms with Crippen LogP contribution in [0.5, 0.6) is 0 Å². The monoisotopic (exact) mass is 263 g/mol. The van der Waals surface area contributed by atoms with Crippen LogP contribution in [0.1, 0.15) is 23.7 Å². The summed E-state index contributed by atoms with van der Waals surface area (Å²) in [4.78, 5) is 23.3. The number of hydrogen-bond donors (Lipinski definition) is 1. The van der Waals surface area contributed by atoms with Gasteiger partial charge >= 0.3 is 5.97 Å². The van der Waals surface area contributed by atoms with E-state index in [1.165, 1.54) is 0 Å². The van der Waals surface area contributed by atoms with Crippen LogP contribution in [0, 0.1) is 5.92 Å². The maximum atomic E-state index is 11.9. The number of carbonyl (C=O) groups excluding carboxylic acids is 2. The fourth-order valence-electron chi connectivity index (χ4n) is 1.89. The lowest BCUT2D eigenvalue weighted by Gasteiger charge is -2.09. The Morgan fingerprint density at radius 3 is 2.68 bits per heavy atom. The number of ether oxygens (including phenoxy) is 2. The average Bonchev–Trinajstić information content (AvgIpc) is 2.94. The summed E-state index contributed by atoms with van der Waals surface area (Å²) in [6, 6.07) is 6.66. The second kappa shape index (κ2) is 6.33. The molecule has 19 heavy (non-hydrogen) atoms. The molecule has 1 N–H and O–H groups in total. The van der Waals surface area contributed by atoms with Gasteiger partial charge in [-0.25, -0.2) is 4.79 Å². The second-order valence-electron chi connectivity index (χ2n) is 4.35. The zero-order chi connectivity index (χ0) is 13.7. The van der Waals surface area contributed by atoms with Crippen molar-refractivity contribution in [3.05, 3.63) is 29.8 Å².